The summed E-state index contributed by atoms with van der Waals surface area (Å²) in [4.78, 5) is 11.8. The summed E-state index contributed by atoms with van der Waals surface area (Å²) in [7, 11) is 1.57. The highest BCUT2D eigenvalue weighted by atomic mass is 16.5. The van der Waals surface area contributed by atoms with E-state index >= 15 is 0 Å². The van der Waals surface area contributed by atoms with Gasteiger partial charge in [-0.1, -0.05) is 12.1 Å². The lowest BCUT2D eigenvalue weighted by Crippen LogP contribution is -2.49. The second-order valence-corrected chi connectivity index (χ2v) is 4.26. The molecule has 1 heterocycles. The van der Waals surface area contributed by atoms with Crippen molar-refractivity contribution in [3.05, 3.63) is 24.3 Å². The maximum atomic E-state index is 11.8. The highest BCUT2D eigenvalue weighted by Crippen LogP contribution is 2.22. The molecule has 0 radical (unpaired) electrons. The summed E-state index contributed by atoms with van der Waals surface area (Å²) < 4.78 is 10.5. The molecular weight excluding hydrogens is 246 g/mol. The third kappa shape index (κ3) is 4.11. The molecule has 0 aliphatic carbocycles. The molecule has 0 bridgehead atoms. The summed E-state index contributed by atoms with van der Waals surface area (Å²) in [6.45, 7) is 2.69. The molecule has 1 aromatic rings. The van der Waals surface area contributed by atoms with Crippen LogP contribution in [0.5, 0.6) is 5.75 Å². The van der Waals surface area contributed by atoms with Crippen molar-refractivity contribution in [1.82, 2.24) is 10.6 Å². The average Bonchev–Trinajstić information content (AvgIpc) is 2.47. The molecule has 6 nitrogen and oxygen atoms in total. The minimum atomic E-state index is -0.253. The van der Waals surface area contributed by atoms with Crippen molar-refractivity contribution >= 4 is 11.7 Å². The number of anilines is 1. The fourth-order valence-electron chi connectivity index (χ4n) is 1.88. The Kier molecular flexibility index (Phi) is 5.00. The summed E-state index contributed by atoms with van der Waals surface area (Å²) in [5.74, 6) is 0.636. The van der Waals surface area contributed by atoms with Crippen LogP contribution in [-0.2, 0) is 4.74 Å². The van der Waals surface area contributed by atoms with Crippen LogP contribution in [-0.4, -0.2) is 45.5 Å². The van der Waals surface area contributed by atoms with Crippen molar-refractivity contribution < 1.29 is 14.3 Å². The largest absolute Gasteiger partial charge is 0.495 e. The van der Waals surface area contributed by atoms with E-state index in [2.05, 4.69) is 16.0 Å². The van der Waals surface area contributed by atoms with Crippen LogP contribution < -0.4 is 20.7 Å². The smallest absolute Gasteiger partial charge is 0.319 e. The highest BCUT2D eigenvalue weighted by molar-refractivity contribution is 5.90. The molecule has 104 valence electrons. The second-order valence-electron chi connectivity index (χ2n) is 4.26. The molecule has 19 heavy (non-hydrogen) atoms. The van der Waals surface area contributed by atoms with Gasteiger partial charge >= 0.3 is 6.03 Å². The third-order valence-electron chi connectivity index (χ3n) is 2.86. The van der Waals surface area contributed by atoms with Gasteiger partial charge in [0.1, 0.15) is 5.75 Å². The molecule has 1 unspecified atom stereocenters. The number of hydrogen-bond acceptors (Lipinski definition) is 4. The van der Waals surface area contributed by atoms with E-state index in [9.17, 15) is 4.79 Å². The molecule has 0 saturated carbocycles. The van der Waals surface area contributed by atoms with Crippen LogP contribution in [0.25, 0.3) is 0 Å². The number of ether oxygens (including phenoxy) is 2. The Balaban J connectivity index is 1.80. The second kappa shape index (κ2) is 6.96. The number of hydrogen-bond donors (Lipinski definition) is 3. The van der Waals surface area contributed by atoms with Gasteiger partial charge in [-0.15, -0.1) is 0 Å². The standard InChI is InChI=1S/C13H19N3O3/c1-18-12-5-3-2-4-11(12)16-13(17)15-8-10-9-19-7-6-14-10/h2-5,10,14H,6-9H2,1H3,(H2,15,16,17). The fourth-order valence-corrected chi connectivity index (χ4v) is 1.88. The van der Waals surface area contributed by atoms with Crippen LogP contribution in [0.1, 0.15) is 0 Å². The Bertz CT molecular complexity index is 419. The van der Waals surface area contributed by atoms with Crippen molar-refractivity contribution in [2.45, 2.75) is 6.04 Å². The fraction of sp³-hybridized carbons (Fsp3) is 0.462. The molecule has 0 aromatic heterocycles. The molecule has 6 heteroatoms. The van der Waals surface area contributed by atoms with Crippen molar-refractivity contribution in [3.8, 4) is 5.75 Å². The predicted octanol–water partition coefficient (Wildman–Crippen LogP) is 0.805. The van der Waals surface area contributed by atoms with Gasteiger partial charge in [0.15, 0.2) is 0 Å². The number of urea groups is 1. The number of carbonyl (C=O) groups excluding carboxylic acids is 1. The zero-order valence-corrected chi connectivity index (χ0v) is 10.9. The quantitative estimate of drug-likeness (QED) is 0.753. The first-order valence-electron chi connectivity index (χ1n) is 6.28. The topological polar surface area (TPSA) is 71.6 Å². The summed E-state index contributed by atoms with van der Waals surface area (Å²) in [5.41, 5.74) is 0.648. The lowest BCUT2D eigenvalue weighted by atomic mass is 10.3. The molecular formula is C13H19N3O3. The number of amides is 2. The van der Waals surface area contributed by atoms with Crippen molar-refractivity contribution in [1.29, 1.82) is 0 Å². The normalized spacial score (nSPS) is 18.7. The number of nitrogens with one attached hydrogen (secondary N) is 3. The number of morpholine rings is 1. The number of methoxy groups -OCH3 is 1. The lowest BCUT2D eigenvalue weighted by Gasteiger charge is -2.24. The number of carbonyl (C=O) groups is 1. The van der Waals surface area contributed by atoms with E-state index in [1.165, 1.54) is 0 Å². The minimum absolute atomic E-state index is 0.164. The van der Waals surface area contributed by atoms with Gasteiger partial charge in [0.25, 0.3) is 0 Å². The zero-order chi connectivity index (χ0) is 13.5. The molecule has 3 N–H and O–H groups in total. The van der Waals surface area contributed by atoms with E-state index < -0.39 is 0 Å². The first kappa shape index (κ1) is 13.6. The Morgan fingerprint density at radius 1 is 1.53 bits per heavy atom. The van der Waals surface area contributed by atoms with Crippen LogP contribution in [0.15, 0.2) is 24.3 Å². The molecule has 1 fully saturated rings. The first-order chi connectivity index (χ1) is 9.29. The molecule has 1 aromatic carbocycles. The number of rotatable bonds is 4. The van der Waals surface area contributed by atoms with Crippen molar-refractivity contribution in [3.63, 3.8) is 0 Å². The van der Waals surface area contributed by atoms with Crippen LogP contribution in [0, 0.1) is 0 Å². The molecule has 1 atom stereocenters. The van der Waals surface area contributed by atoms with E-state index in [-0.39, 0.29) is 12.1 Å². The van der Waals surface area contributed by atoms with Gasteiger partial charge in [0, 0.05) is 19.1 Å². The predicted molar refractivity (Wildman–Crippen MR) is 72.6 cm³/mol. The van der Waals surface area contributed by atoms with E-state index in [1.54, 1.807) is 19.2 Å². The molecule has 1 saturated heterocycles. The van der Waals surface area contributed by atoms with Gasteiger partial charge in [-0.25, -0.2) is 4.79 Å². The number of para-hydroxylation sites is 2. The maximum absolute atomic E-state index is 11.8. The van der Waals surface area contributed by atoms with Crippen LogP contribution >= 0.6 is 0 Å². The Morgan fingerprint density at radius 3 is 3.11 bits per heavy atom. The molecule has 2 amide bonds. The summed E-state index contributed by atoms with van der Waals surface area (Å²) in [6.07, 6.45) is 0. The maximum Gasteiger partial charge on any atom is 0.319 e. The summed E-state index contributed by atoms with van der Waals surface area (Å²) in [6, 6.07) is 7.20. The Morgan fingerprint density at radius 2 is 2.37 bits per heavy atom. The van der Waals surface area contributed by atoms with Crippen molar-refractivity contribution in [2.24, 2.45) is 0 Å². The minimum Gasteiger partial charge on any atom is -0.495 e. The van der Waals surface area contributed by atoms with Crippen LogP contribution in [0.4, 0.5) is 10.5 Å². The van der Waals surface area contributed by atoms with E-state index in [0.29, 0.717) is 24.6 Å². The summed E-state index contributed by atoms with van der Waals surface area (Å²) in [5, 5.41) is 8.83. The first-order valence-corrected chi connectivity index (χ1v) is 6.28. The van der Waals surface area contributed by atoms with Gasteiger partial charge in [-0.2, -0.15) is 0 Å². The Labute approximate surface area is 112 Å². The Hall–Kier alpha value is -1.79. The molecule has 1 aliphatic heterocycles. The van der Waals surface area contributed by atoms with Gasteiger partial charge in [-0.3, -0.25) is 0 Å². The van der Waals surface area contributed by atoms with Crippen LogP contribution in [0.2, 0.25) is 0 Å². The summed E-state index contributed by atoms with van der Waals surface area (Å²) >= 11 is 0. The monoisotopic (exact) mass is 265 g/mol. The average molecular weight is 265 g/mol. The zero-order valence-electron chi connectivity index (χ0n) is 10.9. The van der Waals surface area contributed by atoms with E-state index in [0.717, 1.165) is 13.2 Å². The van der Waals surface area contributed by atoms with Crippen molar-refractivity contribution in [2.75, 3.05) is 38.7 Å². The van der Waals surface area contributed by atoms with E-state index in [4.69, 9.17) is 9.47 Å². The third-order valence-corrected chi connectivity index (χ3v) is 2.86. The van der Waals surface area contributed by atoms with Gasteiger partial charge in [0.2, 0.25) is 0 Å². The van der Waals surface area contributed by atoms with Crippen LogP contribution in [0.3, 0.4) is 0 Å². The van der Waals surface area contributed by atoms with Gasteiger partial charge in [0.05, 0.1) is 26.0 Å². The SMILES string of the molecule is COc1ccccc1NC(=O)NCC1COCCN1. The van der Waals surface area contributed by atoms with E-state index in [1.807, 2.05) is 12.1 Å². The van der Waals surface area contributed by atoms with Gasteiger partial charge in [-0.05, 0) is 12.1 Å². The highest BCUT2D eigenvalue weighted by Gasteiger charge is 2.14. The molecule has 1 aliphatic rings. The lowest BCUT2D eigenvalue weighted by molar-refractivity contribution is 0.0776. The van der Waals surface area contributed by atoms with Gasteiger partial charge < -0.3 is 25.4 Å². The molecule has 2 rings (SSSR count). The number of benzene rings is 1. The molecule has 0 spiro atoms.